The standard InChI is InChI=1S/C8H8N4O2S/c1-15(13,14)7(4-9)5-12-8-6-10-2-3-11-8/h2-3,5-6H,1H3,(H,11,12). The van der Waals surface area contributed by atoms with Crippen LogP contribution in [0.2, 0.25) is 0 Å². The largest absolute Gasteiger partial charge is 0.343 e. The Kier molecular flexibility index (Phi) is 3.36. The second kappa shape index (κ2) is 4.52. The van der Waals surface area contributed by atoms with E-state index < -0.39 is 9.84 Å². The van der Waals surface area contributed by atoms with Gasteiger partial charge < -0.3 is 5.32 Å². The zero-order valence-corrected chi connectivity index (χ0v) is 8.69. The molecule has 0 spiro atoms. The predicted octanol–water partition coefficient (Wildman–Crippen LogP) is 0.298. The van der Waals surface area contributed by atoms with Crippen molar-refractivity contribution in [3.05, 3.63) is 29.7 Å². The SMILES string of the molecule is CS(=O)(=O)C(C#N)=CNc1cnccn1. The van der Waals surface area contributed by atoms with Crippen molar-refractivity contribution in [1.29, 1.82) is 5.26 Å². The van der Waals surface area contributed by atoms with Gasteiger partial charge in [0.1, 0.15) is 11.9 Å². The third-order valence-corrected chi connectivity index (χ3v) is 2.43. The molecular weight excluding hydrogens is 216 g/mol. The molecule has 0 aliphatic rings. The van der Waals surface area contributed by atoms with Gasteiger partial charge in [-0.2, -0.15) is 5.26 Å². The molecule has 0 saturated carbocycles. The van der Waals surface area contributed by atoms with E-state index >= 15 is 0 Å². The normalized spacial score (nSPS) is 11.9. The Morgan fingerprint density at radius 1 is 1.60 bits per heavy atom. The number of hydrogen-bond acceptors (Lipinski definition) is 6. The van der Waals surface area contributed by atoms with Crippen LogP contribution in [0.1, 0.15) is 0 Å². The van der Waals surface area contributed by atoms with Gasteiger partial charge in [-0.1, -0.05) is 0 Å². The van der Waals surface area contributed by atoms with Crippen molar-refractivity contribution in [2.45, 2.75) is 0 Å². The van der Waals surface area contributed by atoms with E-state index in [0.29, 0.717) is 5.82 Å². The second-order valence-corrected chi connectivity index (χ2v) is 4.61. The van der Waals surface area contributed by atoms with Crippen molar-refractivity contribution in [3.63, 3.8) is 0 Å². The van der Waals surface area contributed by atoms with E-state index in [1.54, 1.807) is 6.07 Å². The maximum absolute atomic E-state index is 11.0. The first-order chi connectivity index (χ1) is 7.04. The third kappa shape index (κ3) is 3.36. The summed E-state index contributed by atoms with van der Waals surface area (Å²) in [6.45, 7) is 0. The average molecular weight is 224 g/mol. The number of nitriles is 1. The highest BCUT2D eigenvalue weighted by molar-refractivity contribution is 7.94. The minimum absolute atomic E-state index is 0.354. The van der Waals surface area contributed by atoms with Gasteiger partial charge in [0, 0.05) is 24.8 Å². The van der Waals surface area contributed by atoms with Crippen LogP contribution in [0.15, 0.2) is 29.7 Å². The number of nitrogens with zero attached hydrogens (tertiary/aromatic N) is 3. The number of nitrogens with one attached hydrogen (secondary N) is 1. The summed E-state index contributed by atoms with van der Waals surface area (Å²) in [4.78, 5) is 7.26. The Bertz CT molecular complexity index is 501. The maximum atomic E-state index is 11.0. The smallest absolute Gasteiger partial charge is 0.187 e. The van der Waals surface area contributed by atoms with Crippen LogP contribution in [0.25, 0.3) is 0 Å². The molecule has 1 aromatic rings. The van der Waals surface area contributed by atoms with Crippen LogP contribution in [-0.4, -0.2) is 24.6 Å². The summed E-state index contributed by atoms with van der Waals surface area (Å²) in [6, 6.07) is 1.57. The molecule has 6 nitrogen and oxygen atoms in total. The Hall–Kier alpha value is -1.94. The summed E-state index contributed by atoms with van der Waals surface area (Å²) in [7, 11) is -3.50. The lowest BCUT2D eigenvalue weighted by atomic mass is 10.6. The number of aromatic nitrogens is 2. The molecule has 0 bridgehead atoms. The summed E-state index contributed by atoms with van der Waals surface area (Å²) in [5, 5.41) is 11.1. The zero-order valence-electron chi connectivity index (χ0n) is 7.88. The molecule has 0 aromatic carbocycles. The van der Waals surface area contributed by atoms with Crippen molar-refractivity contribution in [1.82, 2.24) is 9.97 Å². The summed E-state index contributed by atoms with van der Waals surface area (Å²) in [5.41, 5.74) is 0. The molecule has 15 heavy (non-hydrogen) atoms. The molecule has 0 saturated heterocycles. The minimum Gasteiger partial charge on any atom is -0.343 e. The van der Waals surface area contributed by atoms with E-state index in [0.717, 1.165) is 12.5 Å². The molecule has 0 atom stereocenters. The van der Waals surface area contributed by atoms with Gasteiger partial charge in [0.2, 0.25) is 0 Å². The first-order valence-corrected chi connectivity index (χ1v) is 5.76. The van der Waals surface area contributed by atoms with Crippen LogP contribution in [-0.2, 0) is 9.84 Å². The molecule has 7 heteroatoms. The topological polar surface area (TPSA) is 95.7 Å². The van der Waals surface area contributed by atoms with E-state index in [-0.39, 0.29) is 4.91 Å². The molecule has 0 unspecified atom stereocenters. The van der Waals surface area contributed by atoms with Crippen LogP contribution in [0.4, 0.5) is 5.82 Å². The van der Waals surface area contributed by atoms with Crippen molar-refractivity contribution >= 4 is 15.7 Å². The van der Waals surface area contributed by atoms with Crippen LogP contribution >= 0.6 is 0 Å². The number of sulfone groups is 1. The lowest BCUT2D eigenvalue weighted by molar-refractivity contribution is 0.608. The van der Waals surface area contributed by atoms with Gasteiger partial charge in [0.15, 0.2) is 14.7 Å². The van der Waals surface area contributed by atoms with Crippen molar-refractivity contribution in [2.24, 2.45) is 0 Å². The van der Waals surface area contributed by atoms with E-state index in [1.165, 1.54) is 18.6 Å². The molecule has 0 fully saturated rings. The van der Waals surface area contributed by atoms with Crippen molar-refractivity contribution in [2.75, 3.05) is 11.6 Å². The fourth-order valence-electron chi connectivity index (χ4n) is 0.735. The van der Waals surface area contributed by atoms with E-state index in [2.05, 4.69) is 15.3 Å². The van der Waals surface area contributed by atoms with Gasteiger partial charge >= 0.3 is 0 Å². The monoisotopic (exact) mass is 224 g/mol. The highest BCUT2D eigenvalue weighted by Crippen LogP contribution is 2.04. The molecule has 78 valence electrons. The van der Waals surface area contributed by atoms with Crippen LogP contribution in [0.3, 0.4) is 0 Å². The fraction of sp³-hybridized carbons (Fsp3) is 0.125. The van der Waals surface area contributed by atoms with Gasteiger partial charge in [-0.15, -0.1) is 0 Å². The van der Waals surface area contributed by atoms with E-state index in [4.69, 9.17) is 5.26 Å². The van der Waals surface area contributed by atoms with Crippen molar-refractivity contribution < 1.29 is 8.42 Å². The first-order valence-electron chi connectivity index (χ1n) is 3.87. The molecule has 0 aliphatic carbocycles. The molecule has 1 aromatic heterocycles. The Balaban J connectivity index is 2.87. The van der Waals surface area contributed by atoms with Crippen molar-refractivity contribution in [3.8, 4) is 6.07 Å². The van der Waals surface area contributed by atoms with E-state index in [9.17, 15) is 8.42 Å². The Morgan fingerprint density at radius 2 is 2.33 bits per heavy atom. The van der Waals surface area contributed by atoms with Gasteiger partial charge in [0.25, 0.3) is 0 Å². The lowest BCUT2D eigenvalue weighted by Crippen LogP contribution is -2.02. The lowest BCUT2D eigenvalue weighted by Gasteiger charge is -1.98. The quantitative estimate of drug-likeness (QED) is 0.742. The van der Waals surface area contributed by atoms with Crippen LogP contribution < -0.4 is 5.32 Å². The molecule has 0 radical (unpaired) electrons. The molecular formula is C8H8N4O2S. The van der Waals surface area contributed by atoms with Gasteiger partial charge in [0.05, 0.1) is 6.20 Å². The molecule has 1 N–H and O–H groups in total. The number of allylic oxidation sites excluding steroid dienone is 1. The second-order valence-electron chi connectivity index (χ2n) is 2.63. The van der Waals surface area contributed by atoms with Gasteiger partial charge in [-0.3, -0.25) is 4.98 Å². The number of hydrogen-bond donors (Lipinski definition) is 1. The van der Waals surface area contributed by atoms with Gasteiger partial charge in [-0.25, -0.2) is 13.4 Å². The highest BCUT2D eigenvalue weighted by atomic mass is 32.2. The fourth-order valence-corrected chi connectivity index (χ4v) is 1.17. The third-order valence-electron chi connectivity index (χ3n) is 1.42. The number of rotatable bonds is 3. The van der Waals surface area contributed by atoms with Crippen LogP contribution in [0.5, 0.6) is 0 Å². The summed E-state index contributed by atoms with van der Waals surface area (Å²) >= 11 is 0. The van der Waals surface area contributed by atoms with E-state index in [1.807, 2.05) is 0 Å². The van der Waals surface area contributed by atoms with Crippen LogP contribution in [0, 0.1) is 11.3 Å². The zero-order chi connectivity index (χ0) is 11.3. The maximum Gasteiger partial charge on any atom is 0.187 e. The summed E-state index contributed by atoms with van der Waals surface area (Å²) < 4.78 is 22.0. The predicted molar refractivity (Wildman–Crippen MR) is 54.2 cm³/mol. The minimum atomic E-state index is -3.50. The van der Waals surface area contributed by atoms with Gasteiger partial charge in [-0.05, 0) is 0 Å². The Morgan fingerprint density at radius 3 is 2.80 bits per heavy atom. The molecule has 0 amide bonds. The summed E-state index contributed by atoms with van der Waals surface area (Å²) in [6.07, 6.45) is 6.38. The summed E-state index contributed by atoms with van der Waals surface area (Å²) in [5.74, 6) is 0.369. The molecule has 0 aliphatic heterocycles. The highest BCUT2D eigenvalue weighted by Gasteiger charge is 2.09. The number of anilines is 1. The Labute approximate surface area is 87.2 Å². The molecule has 1 rings (SSSR count). The first kappa shape index (κ1) is 11.1. The average Bonchev–Trinajstić information content (AvgIpc) is 2.18. The molecule has 1 heterocycles.